The van der Waals surface area contributed by atoms with E-state index in [4.69, 9.17) is 0 Å². The molecule has 5 nitrogen and oxygen atoms in total. The van der Waals surface area contributed by atoms with Gasteiger partial charge >= 0.3 is 0 Å². The van der Waals surface area contributed by atoms with E-state index >= 15 is 0 Å². The second kappa shape index (κ2) is 6.60. The minimum absolute atomic E-state index is 0.0734. The molecule has 3 aromatic rings. The van der Waals surface area contributed by atoms with Gasteiger partial charge in [0.05, 0.1) is 16.8 Å². The average molecular weight is 308 g/mol. The third-order valence-corrected chi connectivity index (χ3v) is 3.81. The van der Waals surface area contributed by atoms with E-state index in [1.54, 1.807) is 10.9 Å². The van der Waals surface area contributed by atoms with E-state index in [0.717, 1.165) is 28.7 Å². The minimum atomic E-state index is -0.0734. The molecule has 0 aliphatic carbocycles. The van der Waals surface area contributed by atoms with Gasteiger partial charge in [-0.25, -0.2) is 0 Å². The van der Waals surface area contributed by atoms with E-state index in [0.29, 0.717) is 18.5 Å². The summed E-state index contributed by atoms with van der Waals surface area (Å²) >= 11 is 0. The molecule has 2 aromatic heterocycles. The summed E-state index contributed by atoms with van der Waals surface area (Å²) in [7, 11) is 1.83. The third kappa shape index (κ3) is 3.39. The van der Waals surface area contributed by atoms with Crippen molar-refractivity contribution in [3.05, 3.63) is 59.5 Å². The van der Waals surface area contributed by atoms with Crippen molar-refractivity contribution in [2.45, 2.75) is 19.8 Å². The number of carbonyl (C=O) groups is 1. The number of nitrogens with zero attached hydrogens (tertiary/aromatic N) is 3. The van der Waals surface area contributed by atoms with Crippen molar-refractivity contribution in [1.29, 1.82) is 0 Å². The van der Waals surface area contributed by atoms with Gasteiger partial charge in [-0.05, 0) is 18.6 Å². The first-order chi connectivity index (χ1) is 11.2. The van der Waals surface area contributed by atoms with Gasteiger partial charge in [-0.2, -0.15) is 5.10 Å². The molecule has 0 unspecified atom stereocenters. The Kier molecular flexibility index (Phi) is 4.37. The van der Waals surface area contributed by atoms with Crippen LogP contribution in [0.15, 0.2) is 42.6 Å². The molecular weight excluding hydrogens is 288 g/mol. The number of carbonyl (C=O) groups excluding carboxylic acids is 1. The van der Waals surface area contributed by atoms with E-state index < -0.39 is 0 Å². The van der Waals surface area contributed by atoms with Gasteiger partial charge in [-0.3, -0.25) is 14.5 Å². The van der Waals surface area contributed by atoms with E-state index in [9.17, 15) is 4.79 Å². The number of aromatic nitrogens is 3. The minimum Gasteiger partial charge on any atom is -0.352 e. The Morgan fingerprint density at radius 1 is 1.22 bits per heavy atom. The standard InChI is InChI=1S/C18H20N4O/c1-3-16-15(12-22(2)21-16)18(23)19-11-10-14-9-8-13-6-4-5-7-17(13)20-14/h4-9,12H,3,10-11H2,1-2H3,(H,19,23). The van der Waals surface area contributed by atoms with E-state index in [2.05, 4.69) is 21.5 Å². The summed E-state index contributed by atoms with van der Waals surface area (Å²) in [5.41, 5.74) is 3.44. The van der Waals surface area contributed by atoms with Crippen LogP contribution < -0.4 is 5.32 Å². The Hall–Kier alpha value is -2.69. The third-order valence-electron chi connectivity index (χ3n) is 3.81. The fourth-order valence-corrected chi connectivity index (χ4v) is 2.63. The molecule has 0 saturated heterocycles. The highest BCUT2D eigenvalue weighted by molar-refractivity contribution is 5.95. The average Bonchev–Trinajstić information content (AvgIpc) is 2.96. The van der Waals surface area contributed by atoms with E-state index in [1.807, 2.05) is 44.3 Å². The van der Waals surface area contributed by atoms with Crippen molar-refractivity contribution in [1.82, 2.24) is 20.1 Å². The second-order valence-electron chi connectivity index (χ2n) is 5.52. The highest BCUT2D eigenvalue weighted by Gasteiger charge is 2.13. The zero-order chi connectivity index (χ0) is 16.2. The Balaban J connectivity index is 1.62. The van der Waals surface area contributed by atoms with Gasteiger partial charge in [-0.1, -0.05) is 31.2 Å². The fraction of sp³-hybridized carbons (Fsp3) is 0.278. The maximum absolute atomic E-state index is 12.3. The van der Waals surface area contributed by atoms with Crippen LogP contribution in [-0.2, 0) is 19.9 Å². The molecule has 0 aliphatic heterocycles. The molecule has 0 fully saturated rings. The van der Waals surface area contributed by atoms with Crippen molar-refractivity contribution in [3.63, 3.8) is 0 Å². The lowest BCUT2D eigenvalue weighted by Gasteiger charge is -2.05. The Bertz CT molecular complexity index is 838. The number of amides is 1. The lowest BCUT2D eigenvalue weighted by atomic mass is 10.1. The van der Waals surface area contributed by atoms with Crippen LogP contribution in [0.3, 0.4) is 0 Å². The van der Waals surface area contributed by atoms with Gasteiger partial charge in [0, 0.05) is 37.3 Å². The monoisotopic (exact) mass is 308 g/mol. The first-order valence-corrected chi connectivity index (χ1v) is 7.82. The molecule has 1 amide bonds. The van der Waals surface area contributed by atoms with Gasteiger partial charge < -0.3 is 5.32 Å². The molecule has 2 heterocycles. The van der Waals surface area contributed by atoms with Crippen LogP contribution in [0.1, 0.15) is 28.7 Å². The summed E-state index contributed by atoms with van der Waals surface area (Å²) in [6.07, 6.45) is 3.22. The second-order valence-corrected chi connectivity index (χ2v) is 5.52. The number of hydrogen-bond donors (Lipinski definition) is 1. The van der Waals surface area contributed by atoms with Gasteiger partial charge in [0.15, 0.2) is 0 Å². The molecule has 0 saturated carbocycles. The number of para-hydroxylation sites is 1. The summed E-state index contributed by atoms with van der Waals surface area (Å²) in [6, 6.07) is 12.1. The molecule has 0 bridgehead atoms. The fourth-order valence-electron chi connectivity index (χ4n) is 2.63. The Morgan fingerprint density at radius 3 is 2.87 bits per heavy atom. The maximum atomic E-state index is 12.3. The zero-order valence-electron chi connectivity index (χ0n) is 13.4. The van der Waals surface area contributed by atoms with Crippen LogP contribution >= 0.6 is 0 Å². The van der Waals surface area contributed by atoms with Crippen molar-refractivity contribution in [3.8, 4) is 0 Å². The van der Waals surface area contributed by atoms with Crippen LogP contribution in [0.2, 0.25) is 0 Å². The molecule has 1 aromatic carbocycles. The van der Waals surface area contributed by atoms with Crippen molar-refractivity contribution >= 4 is 16.8 Å². The normalized spacial score (nSPS) is 10.9. The number of rotatable bonds is 5. The highest BCUT2D eigenvalue weighted by Crippen LogP contribution is 2.12. The van der Waals surface area contributed by atoms with E-state index in [-0.39, 0.29) is 5.91 Å². The zero-order valence-corrected chi connectivity index (χ0v) is 13.4. The number of fused-ring (bicyclic) bond motifs is 1. The van der Waals surface area contributed by atoms with Crippen LogP contribution in [-0.4, -0.2) is 27.2 Å². The number of nitrogens with one attached hydrogen (secondary N) is 1. The number of hydrogen-bond acceptors (Lipinski definition) is 3. The molecule has 23 heavy (non-hydrogen) atoms. The first-order valence-electron chi connectivity index (χ1n) is 7.82. The number of aryl methyl sites for hydroxylation is 2. The number of pyridine rings is 1. The lowest BCUT2D eigenvalue weighted by molar-refractivity contribution is 0.0953. The molecule has 3 rings (SSSR count). The molecule has 1 N–H and O–H groups in total. The molecule has 0 atom stereocenters. The molecule has 0 radical (unpaired) electrons. The summed E-state index contributed by atoms with van der Waals surface area (Å²) in [6.45, 7) is 2.56. The topological polar surface area (TPSA) is 59.8 Å². The quantitative estimate of drug-likeness (QED) is 0.788. The summed E-state index contributed by atoms with van der Waals surface area (Å²) in [4.78, 5) is 16.9. The van der Waals surface area contributed by atoms with Crippen molar-refractivity contribution in [2.24, 2.45) is 7.05 Å². The SMILES string of the molecule is CCc1nn(C)cc1C(=O)NCCc1ccc2ccccc2n1. The summed E-state index contributed by atoms with van der Waals surface area (Å²) in [5.74, 6) is -0.0734. The Labute approximate surface area is 135 Å². The van der Waals surface area contributed by atoms with Crippen LogP contribution in [0.5, 0.6) is 0 Å². The molecule has 0 aliphatic rings. The van der Waals surface area contributed by atoms with Gasteiger partial charge in [0.2, 0.25) is 0 Å². The van der Waals surface area contributed by atoms with Gasteiger partial charge in [0.25, 0.3) is 5.91 Å². The van der Waals surface area contributed by atoms with Gasteiger partial charge in [-0.15, -0.1) is 0 Å². The largest absolute Gasteiger partial charge is 0.352 e. The summed E-state index contributed by atoms with van der Waals surface area (Å²) in [5, 5.41) is 8.37. The molecule has 5 heteroatoms. The van der Waals surface area contributed by atoms with Crippen LogP contribution in [0.25, 0.3) is 10.9 Å². The number of benzene rings is 1. The highest BCUT2D eigenvalue weighted by atomic mass is 16.1. The maximum Gasteiger partial charge on any atom is 0.254 e. The van der Waals surface area contributed by atoms with Crippen LogP contribution in [0.4, 0.5) is 0 Å². The first kappa shape index (κ1) is 15.2. The predicted molar refractivity (Wildman–Crippen MR) is 90.4 cm³/mol. The molecule has 0 spiro atoms. The van der Waals surface area contributed by atoms with Gasteiger partial charge in [0.1, 0.15) is 0 Å². The smallest absolute Gasteiger partial charge is 0.254 e. The van der Waals surface area contributed by atoms with Crippen molar-refractivity contribution in [2.75, 3.05) is 6.54 Å². The predicted octanol–water partition coefficient (Wildman–Crippen LogP) is 2.50. The lowest BCUT2D eigenvalue weighted by Crippen LogP contribution is -2.26. The molecule has 118 valence electrons. The van der Waals surface area contributed by atoms with Crippen molar-refractivity contribution < 1.29 is 4.79 Å². The Morgan fingerprint density at radius 2 is 2.04 bits per heavy atom. The van der Waals surface area contributed by atoms with E-state index in [1.165, 1.54) is 0 Å². The summed E-state index contributed by atoms with van der Waals surface area (Å²) < 4.78 is 1.68. The van der Waals surface area contributed by atoms with Crippen LogP contribution in [0, 0.1) is 0 Å². The molecular formula is C18H20N4O.